The molecule has 2 aromatic rings. The summed E-state index contributed by atoms with van der Waals surface area (Å²) in [6, 6.07) is 18.5. The highest BCUT2D eigenvalue weighted by molar-refractivity contribution is 5.34. The largest absolute Gasteiger partial charge is 0.384 e. The normalized spacial score (nSPS) is 21.1. The molecule has 3 rings (SSSR count). The number of methoxy groups -OCH3 is 2. The van der Waals surface area contributed by atoms with E-state index in [1.807, 2.05) is 24.3 Å². The van der Waals surface area contributed by atoms with E-state index in [0.717, 1.165) is 30.6 Å². The number of benzene rings is 2. The molecule has 1 aliphatic heterocycles. The lowest BCUT2D eigenvalue weighted by molar-refractivity contribution is -0.101. The average Bonchev–Trinajstić information content (AvgIpc) is 3.02. The zero-order valence-corrected chi connectivity index (χ0v) is 15.0. The van der Waals surface area contributed by atoms with Gasteiger partial charge in [-0.05, 0) is 23.1 Å². The first kappa shape index (κ1) is 18.1. The molecule has 1 atom stereocenters. The van der Waals surface area contributed by atoms with Gasteiger partial charge in [0, 0.05) is 40.3 Å². The molecule has 1 unspecified atom stereocenters. The van der Waals surface area contributed by atoms with Crippen LogP contribution < -0.4 is 0 Å². The fraction of sp³-hybridized carbons (Fsp3) is 0.429. The predicted molar refractivity (Wildman–Crippen MR) is 98.2 cm³/mol. The topological polar surface area (TPSA) is 41.9 Å². The molecule has 0 spiro atoms. The van der Waals surface area contributed by atoms with Crippen LogP contribution in [0.1, 0.15) is 23.1 Å². The van der Waals surface area contributed by atoms with Gasteiger partial charge in [-0.3, -0.25) is 4.90 Å². The second-order valence-corrected chi connectivity index (χ2v) is 6.74. The van der Waals surface area contributed by atoms with Crippen LogP contribution in [0.2, 0.25) is 0 Å². The molecule has 25 heavy (non-hydrogen) atoms. The van der Waals surface area contributed by atoms with E-state index in [1.54, 1.807) is 14.2 Å². The van der Waals surface area contributed by atoms with Crippen molar-refractivity contribution in [2.45, 2.75) is 31.3 Å². The second kappa shape index (κ2) is 8.11. The number of hydrogen-bond acceptors (Lipinski definition) is 4. The van der Waals surface area contributed by atoms with Gasteiger partial charge in [0.1, 0.15) is 5.60 Å². The van der Waals surface area contributed by atoms with Crippen LogP contribution in [0.3, 0.4) is 0 Å². The maximum Gasteiger partial charge on any atom is 0.160 e. The van der Waals surface area contributed by atoms with E-state index in [1.165, 1.54) is 5.56 Å². The minimum Gasteiger partial charge on any atom is -0.384 e. The Morgan fingerprint density at radius 2 is 1.72 bits per heavy atom. The van der Waals surface area contributed by atoms with Crippen molar-refractivity contribution in [1.82, 2.24) is 4.90 Å². The quantitative estimate of drug-likeness (QED) is 0.786. The number of nitrogens with zero attached hydrogens (tertiary/aromatic N) is 1. The van der Waals surface area contributed by atoms with E-state index in [4.69, 9.17) is 9.47 Å². The van der Waals surface area contributed by atoms with Crippen LogP contribution in [0.5, 0.6) is 0 Å². The molecule has 1 fully saturated rings. The van der Waals surface area contributed by atoms with Crippen molar-refractivity contribution in [2.24, 2.45) is 0 Å². The van der Waals surface area contributed by atoms with Gasteiger partial charge in [-0.2, -0.15) is 0 Å². The molecule has 1 heterocycles. The molecule has 1 N–H and O–H groups in total. The number of β-amino-alcohol motifs (C(OH)–C–C–N with tert-alkyl or cyclic N) is 1. The lowest BCUT2D eigenvalue weighted by atomic mass is 9.88. The summed E-state index contributed by atoms with van der Waals surface area (Å²) in [6.07, 6.45) is 1.07. The first-order valence-electron chi connectivity index (χ1n) is 8.77. The van der Waals surface area contributed by atoms with Crippen molar-refractivity contribution >= 4 is 0 Å². The summed E-state index contributed by atoms with van der Waals surface area (Å²) in [5.74, 6) is 0. The van der Waals surface area contributed by atoms with Gasteiger partial charge < -0.3 is 14.6 Å². The molecule has 0 bridgehead atoms. The standard InChI is InChI=1S/C21H27NO3/c1-24-20(25-2)14-18-10-6-7-11-19(18)21(23)12-13-22(16-21)15-17-8-4-3-5-9-17/h3-11,20,23H,12-16H2,1-2H3. The summed E-state index contributed by atoms with van der Waals surface area (Å²) in [6.45, 7) is 2.39. The van der Waals surface area contributed by atoms with E-state index in [0.29, 0.717) is 13.0 Å². The lowest BCUT2D eigenvalue weighted by Crippen LogP contribution is -2.32. The summed E-state index contributed by atoms with van der Waals surface area (Å²) in [5.41, 5.74) is 2.53. The summed E-state index contributed by atoms with van der Waals surface area (Å²) in [7, 11) is 3.28. The SMILES string of the molecule is COC(Cc1ccccc1C1(O)CCN(Cc2ccccc2)C1)OC. The monoisotopic (exact) mass is 341 g/mol. The maximum atomic E-state index is 11.3. The fourth-order valence-corrected chi connectivity index (χ4v) is 3.66. The minimum absolute atomic E-state index is 0.299. The van der Waals surface area contributed by atoms with Crippen LogP contribution in [0.25, 0.3) is 0 Å². The third-order valence-corrected chi connectivity index (χ3v) is 5.01. The Bertz CT molecular complexity index is 672. The van der Waals surface area contributed by atoms with Crippen LogP contribution in [-0.2, 0) is 28.0 Å². The maximum absolute atomic E-state index is 11.3. The Kier molecular flexibility index (Phi) is 5.86. The zero-order valence-electron chi connectivity index (χ0n) is 15.0. The predicted octanol–water partition coefficient (Wildman–Crippen LogP) is 2.94. The number of ether oxygens (including phenoxy) is 2. The Morgan fingerprint density at radius 1 is 1.04 bits per heavy atom. The fourth-order valence-electron chi connectivity index (χ4n) is 3.66. The molecule has 0 amide bonds. The molecule has 1 saturated heterocycles. The van der Waals surface area contributed by atoms with Crippen molar-refractivity contribution in [2.75, 3.05) is 27.3 Å². The number of rotatable bonds is 7. The van der Waals surface area contributed by atoms with Crippen molar-refractivity contribution in [3.8, 4) is 0 Å². The minimum atomic E-state index is -0.822. The second-order valence-electron chi connectivity index (χ2n) is 6.74. The number of aliphatic hydroxyl groups is 1. The summed E-state index contributed by atoms with van der Waals surface area (Å²) in [5, 5.41) is 11.3. The van der Waals surface area contributed by atoms with Crippen molar-refractivity contribution in [3.05, 3.63) is 71.3 Å². The number of hydrogen-bond donors (Lipinski definition) is 1. The van der Waals surface area contributed by atoms with Crippen LogP contribution in [0.4, 0.5) is 0 Å². The van der Waals surface area contributed by atoms with Crippen LogP contribution in [0, 0.1) is 0 Å². The smallest absolute Gasteiger partial charge is 0.160 e. The molecule has 2 aromatic carbocycles. The average molecular weight is 341 g/mol. The molecule has 0 radical (unpaired) electrons. The van der Waals surface area contributed by atoms with E-state index >= 15 is 0 Å². The van der Waals surface area contributed by atoms with Crippen LogP contribution >= 0.6 is 0 Å². The zero-order chi connectivity index (χ0) is 17.7. The third kappa shape index (κ3) is 4.28. The van der Waals surface area contributed by atoms with Gasteiger partial charge >= 0.3 is 0 Å². The molecular weight excluding hydrogens is 314 g/mol. The third-order valence-electron chi connectivity index (χ3n) is 5.01. The Morgan fingerprint density at radius 3 is 2.44 bits per heavy atom. The van der Waals surface area contributed by atoms with Gasteiger partial charge in [-0.1, -0.05) is 54.6 Å². The first-order chi connectivity index (χ1) is 12.1. The van der Waals surface area contributed by atoms with Gasteiger partial charge in [0.15, 0.2) is 6.29 Å². The summed E-state index contributed by atoms with van der Waals surface area (Å²) < 4.78 is 10.7. The summed E-state index contributed by atoms with van der Waals surface area (Å²) >= 11 is 0. The molecule has 0 aliphatic carbocycles. The Hall–Kier alpha value is -1.72. The highest BCUT2D eigenvalue weighted by atomic mass is 16.7. The van der Waals surface area contributed by atoms with Crippen molar-refractivity contribution in [3.63, 3.8) is 0 Å². The van der Waals surface area contributed by atoms with E-state index < -0.39 is 5.60 Å². The molecule has 134 valence electrons. The van der Waals surface area contributed by atoms with Crippen LogP contribution in [0.15, 0.2) is 54.6 Å². The highest BCUT2D eigenvalue weighted by Gasteiger charge is 2.39. The van der Waals surface area contributed by atoms with Gasteiger partial charge in [-0.15, -0.1) is 0 Å². The van der Waals surface area contributed by atoms with E-state index in [9.17, 15) is 5.11 Å². The lowest BCUT2D eigenvalue weighted by Gasteiger charge is -2.27. The summed E-state index contributed by atoms with van der Waals surface area (Å²) in [4.78, 5) is 2.32. The molecule has 0 saturated carbocycles. The van der Waals surface area contributed by atoms with Crippen molar-refractivity contribution < 1.29 is 14.6 Å². The number of likely N-dealkylation sites (tertiary alicyclic amines) is 1. The van der Waals surface area contributed by atoms with Crippen molar-refractivity contribution in [1.29, 1.82) is 0 Å². The van der Waals surface area contributed by atoms with Gasteiger partial charge in [-0.25, -0.2) is 0 Å². The highest BCUT2D eigenvalue weighted by Crippen LogP contribution is 2.35. The van der Waals surface area contributed by atoms with E-state index in [-0.39, 0.29) is 6.29 Å². The first-order valence-corrected chi connectivity index (χ1v) is 8.77. The molecule has 4 heteroatoms. The van der Waals surface area contributed by atoms with E-state index in [2.05, 4.69) is 35.2 Å². The van der Waals surface area contributed by atoms with Gasteiger partial charge in [0.2, 0.25) is 0 Å². The molecule has 4 nitrogen and oxygen atoms in total. The molecule has 1 aliphatic rings. The Labute approximate surface area is 150 Å². The van der Waals surface area contributed by atoms with Gasteiger partial charge in [0.05, 0.1) is 0 Å². The molecule has 0 aromatic heterocycles. The molecular formula is C21H27NO3. The van der Waals surface area contributed by atoms with Gasteiger partial charge in [0.25, 0.3) is 0 Å². The van der Waals surface area contributed by atoms with Crippen LogP contribution in [-0.4, -0.2) is 43.6 Å². The Balaban J connectivity index is 1.75.